The first kappa shape index (κ1) is 17.4. The molecule has 2 aromatic rings. The second-order valence-electron chi connectivity index (χ2n) is 5.00. The van der Waals surface area contributed by atoms with Crippen LogP contribution in [0.5, 0.6) is 0 Å². The Labute approximate surface area is 143 Å². The first-order chi connectivity index (χ1) is 10.9. The van der Waals surface area contributed by atoms with Gasteiger partial charge in [-0.25, -0.2) is 9.78 Å². The largest absolute Gasteiger partial charge is 0.448 e. The summed E-state index contributed by atoms with van der Waals surface area (Å²) in [6.45, 7) is 5.36. The van der Waals surface area contributed by atoms with Crippen molar-refractivity contribution in [2.75, 3.05) is 0 Å². The number of amides is 1. The number of esters is 1. The molecule has 0 aliphatic heterocycles. The minimum Gasteiger partial charge on any atom is -0.448 e. The number of benzene rings is 1. The van der Waals surface area contributed by atoms with E-state index in [2.05, 4.69) is 10.3 Å². The van der Waals surface area contributed by atoms with Crippen molar-refractivity contribution >= 4 is 34.8 Å². The fourth-order valence-electron chi connectivity index (χ4n) is 1.96. The zero-order chi connectivity index (χ0) is 17.0. The number of aromatic nitrogens is 1. The van der Waals surface area contributed by atoms with Crippen molar-refractivity contribution in [3.8, 4) is 0 Å². The topological polar surface area (TPSA) is 68.3 Å². The number of hydrogen-bond acceptors (Lipinski definition) is 5. The Kier molecular flexibility index (Phi) is 5.74. The van der Waals surface area contributed by atoms with Gasteiger partial charge < -0.3 is 10.1 Å². The van der Waals surface area contributed by atoms with Crippen molar-refractivity contribution in [1.82, 2.24) is 10.3 Å². The van der Waals surface area contributed by atoms with Crippen LogP contribution in [0.15, 0.2) is 24.3 Å². The first-order valence-corrected chi connectivity index (χ1v) is 8.24. The average molecular weight is 353 g/mol. The summed E-state index contributed by atoms with van der Waals surface area (Å²) in [4.78, 5) is 28.7. The van der Waals surface area contributed by atoms with E-state index in [1.54, 1.807) is 13.0 Å². The number of hydrogen-bond donors (Lipinski definition) is 1. The van der Waals surface area contributed by atoms with Crippen LogP contribution in [0.1, 0.15) is 32.9 Å². The number of nitrogens with zero attached hydrogens (tertiary/aromatic N) is 1. The number of thiazole rings is 1. The SMILES string of the molecule is Cc1nc(C)c(C(=O)O[C@H](C)C(=O)NCc2ccccc2Cl)s1. The van der Waals surface area contributed by atoms with Gasteiger partial charge in [-0.1, -0.05) is 29.8 Å². The minimum atomic E-state index is -0.896. The summed E-state index contributed by atoms with van der Waals surface area (Å²) in [7, 11) is 0. The molecule has 0 spiro atoms. The second-order valence-corrected chi connectivity index (χ2v) is 6.61. The molecule has 0 saturated heterocycles. The second kappa shape index (κ2) is 7.57. The molecule has 1 aromatic carbocycles. The maximum Gasteiger partial charge on any atom is 0.351 e. The Balaban J connectivity index is 1.91. The third-order valence-corrected chi connectivity index (χ3v) is 4.57. The number of halogens is 1. The Morgan fingerprint density at radius 2 is 2.04 bits per heavy atom. The van der Waals surface area contributed by atoms with E-state index >= 15 is 0 Å². The highest BCUT2D eigenvalue weighted by atomic mass is 35.5. The molecule has 0 unspecified atom stereocenters. The zero-order valence-corrected chi connectivity index (χ0v) is 14.6. The smallest absolute Gasteiger partial charge is 0.351 e. The molecule has 1 aromatic heterocycles. The summed E-state index contributed by atoms with van der Waals surface area (Å²) in [5.74, 6) is -0.911. The van der Waals surface area contributed by atoms with Gasteiger partial charge in [0.2, 0.25) is 0 Å². The van der Waals surface area contributed by atoms with Crippen LogP contribution in [0.3, 0.4) is 0 Å². The van der Waals surface area contributed by atoms with E-state index in [1.807, 2.05) is 25.1 Å². The summed E-state index contributed by atoms with van der Waals surface area (Å²) >= 11 is 7.28. The maximum absolute atomic E-state index is 12.1. The highest BCUT2D eigenvalue weighted by molar-refractivity contribution is 7.13. The van der Waals surface area contributed by atoms with Crippen LogP contribution in [-0.2, 0) is 16.1 Å². The summed E-state index contributed by atoms with van der Waals surface area (Å²) < 4.78 is 5.20. The lowest BCUT2D eigenvalue weighted by molar-refractivity contribution is -0.129. The number of rotatable bonds is 5. The molecule has 1 heterocycles. The van der Waals surface area contributed by atoms with Gasteiger partial charge in [-0.3, -0.25) is 4.79 Å². The quantitative estimate of drug-likeness (QED) is 0.838. The third-order valence-electron chi connectivity index (χ3n) is 3.15. The van der Waals surface area contributed by atoms with Gasteiger partial charge in [-0.05, 0) is 32.4 Å². The van der Waals surface area contributed by atoms with Gasteiger partial charge in [0.25, 0.3) is 5.91 Å². The minimum absolute atomic E-state index is 0.277. The Morgan fingerprint density at radius 3 is 2.65 bits per heavy atom. The van der Waals surface area contributed by atoms with Crippen LogP contribution in [0.25, 0.3) is 0 Å². The summed E-state index contributed by atoms with van der Waals surface area (Å²) in [6.07, 6.45) is -0.896. The fraction of sp³-hybridized carbons (Fsp3) is 0.312. The monoisotopic (exact) mass is 352 g/mol. The predicted octanol–water partition coefficient (Wildman–Crippen LogP) is 3.28. The third kappa shape index (κ3) is 4.53. The molecule has 23 heavy (non-hydrogen) atoms. The van der Waals surface area contributed by atoms with E-state index in [9.17, 15) is 9.59 Å². The molecule has 5 nitrogen and oxygen atoms in total. The van der Waals surface area contributed by atoms with E-state index in [4.69, 9.17) is 16.3 Å². The molecule has 0 aliphatic carbocycles. The molecule has 0 fully saturated rings. The van der Waals surface area contributed by atoms with Crippen molar-refractivity contribution in [2.24, 2.45) is 0 Å². The Morgan fingerprint density at radius 1 is 1.35 bits per heavy atom. The van der Waals surface area contributed by atoms with Crippen LogP contribution in [0.4, 0.5) is 0 Å². The predicted molar refractivity (Wildman–Crippen MR) is 89.8 cm³/mol. The summed E-state index contributed by atoms with van der Waals surface area (Å²) in [5, 5.41) is 4.06. The van der Waals surface area contributed by atoms with E-state index in [1.165, 1.54) is 18.3 Å². The van der Waals surface area contributed by atoms with E-state index in [0.29, 0.717) is 15.6 Å². The highest BCUT2D eigenvalue weighted by Gasteiger charge is 2.22. The van der Waals surface area contributed by atoms with Crippen molar-refractivity contribution < 1.29 is 14.3 Å². The first-order valence-electron chi connectivity index (χ1n) is 7.04. The van der Waals surface area contributed by atoms with Gasteiger partial charge in [-0.2, -0.15) is 0 Å². The van der Waals surface area contributed by atoms with Gasteiger partial charge >= 0.3 is 5.97 Å². The summed E-state index contributed by atoms with van der Waals surface area (Å²) in [6, 6.07) is 7.23. The number of aryl methyl sites for hydroxylation is 2. The molecule has 0 bridgehead atoms. The van der Waals surface area contributed by atoms with E-state index < -0.39 is 12.1 Å². The molecule has 122 valence electrons. The van der Waals surface area contributed by atoms with Crippen molar-refractivity contribution in [3.05, 3.63) is 50.4 Å². The van der Waals surface area contributed by atoms with Crippen LogP contribution in [0.2, 0.25) is 5.02 Å². The number of nitrogens with one attached hydrogen (secondary N) is 1. The molecular formula is C16H17ClN2O3S. The normalized spacial score (nSPS) is 11.8. The number of ether oxygens (including phenoxy) is 1. The van der Waals surface area contributed by atoms with Gasteiger partial charge in [0, 0.05) is 11.6 Å². The van der Waals surface area contributed by atoms with E-state index in [0.717, 1.165) is 10.6 Å². The highest BCUT2D eigenvalue weighted by Crippen LogP contribution is 2.19. The number of carbonyl (C=O) groups excluding carboxylic acids is 2. The van der Waals surface area contributed by atoms with Crippen LogP contribution < -0.4 is 5.32 Å². The van der Waals surface area contributed by atoms with Gasteiger partial charge in [0.1, 0.15) is 4.88 Å². The van der Waals surface area contributed by atoms with Crippen molar-refractivity contribution in [3.63, 3.8) is 0 Å². The molecule has 1 amide bonds. The van der Waals surface area contributed by atoms with Gasteiger partial charge in [-0.15, -0.1) is 11.3 Å². The molecule has 0 saturated carbocycles. The lowest BCUT2D eigenvalue weighted by Crippen LogP contribution is -2.35. The lowest BCUT2D eigenvalue weighted by atomic mass is 10.2. The maximum atomic E-state index is 12.1. The van der Waals surface area contributed by atoms with E-state index in [-0.39, 0.29) is 12.5 Å². The number of carbonyl (C=O) groups is 2. The van der Waals surface area contributed by atoms with Crippen molar-refractivity contribution in [2.45, 2.75) is 33.4 Å². The summed E-state index contributed by atoms with van der Waals surface area (Å²) in [5.41, 5.74) is 1.41. The molecule has 2 rings (SSSR count). The molecule has 1 atom stereocenters. The fourth-order valence-corrected chi connectivity index (χ4v) is 2.96. The molecule has 7 heteroatoms. The van der Waals surface area contributed by atoms with Crippen LogP contribution in [-0.4, -0.2) is 23.0 Å². The molecule has 1 N–H and O–H groups in total. The average Bonchev–Trinajstić information content (AvgIpc) is 2.84. The standard InChI is InChI=1S/C16H17ClN2O3S/c1-9-14(23-11(3)19-9)16(21)22-10(2)15(20)18-8-12-6-4-5-7-13(12)17/h4-7,10H,8H2,1-3H3,(H,18,20)/t10-/m1/s1. The molecule has 0 aliphatic rings. The molecular weight excluding hydrogens is 336 g/mol. The lowest BCUT2D eigenvalue weighted by Gasteiger charge is -2.13. The molecule has 0 radical (unpaired) electrons. The zero-order valence-electron chi connectivity index (χ0n) is 13.1. The van der Waals surface area contributed by atoms with Crippen molar-refractivity contribution in [1.29, 1.82) is 0 Å². The Bertz CT molecular complexity index is 730. The van der Waals surface area contributed by atoms with Gasteiger partial charge in [0.15, 0.2) is 6.10 Å². The Hall–Kier alpha value is -1.92. The van der Waals surface area contributed by atoms with Crippen LogP contribution in [0, 0.1) is 13.8 Å². The van der Waals surface area contributed by atoms with Gasteiger partial charge in [0.05, 0.1) is 10.7 Å². The van der Waals surface area contributed by atoms with Crippen LogP contribution >= 0.6 is 22.9 Å².